The summed E-state index contributed by atoms with van der Waals surface area (Å²) >= 11 is 7.61. The third-order valence-electron chi connectivity index (χ3n) is 3.00. The van der Waals surface area contributed by atoms with Gasteiger partial charge in [0.05, 0.1) is 15.6 Å². The number of hydrogen-bond acceptors (Lipinski definition) is 4. The fourth-order valence-corrected chi connectivity index (χ4v) is 5.07. The van der Waals surface area contributed by atoms with Crippen LogP contribution in [0.3, 0.4) is 0 Å². The number of nitrogen functional groups attached to an aromatic ring is 1. The van der Waals surface area contributed by atoms with Gasteiger partial charge in [0.1, 0.15) is 0 Å². The summed E-state index contributed by atoms with van der Waals surface area (Å²) in [4.78, 5) is 0.206. The zero-order chi connectivity index (χ0) is 14.3. The van der Waals surface area contributed by atoms with Crippen molar-refractivity contribution in [1.82, 2.24) is 4.31 Å². The summed E-state index contributed by atoms with van der Waals surface area (Å²) in [5.74, 6) is 0.801. The van der Waals surface area contributed by atoms with Gasteiger partial charge in [0.15, 0.2) is 0 Å². The lowest BCUT2D eigenvalue weighted by Gasteiger charge is -2.36. The molecule has 2 rings (SSSR count). The molecule has 0 aromatic heterocycles. The molecule has 0 radical (unpaired) electrons. The van der Waals surface area contributed by atoms with E-state index < -0.39 is 10.0 Å². The monoisotopic (exact) mass is 320 g/mol. The number of nitrogens with two attached hydrogens (primary N) is 1. The topological polar surface area (TPSA) is 63.4 Å². The van der Waals surface area contributed by atoms with Gasteiger partial charge < -0.3 is 5.73 Å². The maximum absolute atomic E-state index is 12.6. The van der Waals surface area contributed by atoms with Crippen molar-refractivity contribution in [2.45, 2.75) is 23.5 Å². The number of halogens is 1. The van der Waals surface area contributed by atoms with Crippen molar-refractivity contribution in [2.24, 2.45) is 0 Å². The lowest BCUT2D eigenvalue weighted by atomic mass is 10.2. The molecular formula is C12H17ClN2O2S2. The van der Waals surface area contributed by atoms with Crippen molar-refractivity contribution in [3.63, 3.8) is 0 Å². The molecule has 1 aliphatic rings. The van der Waals surface area contributed by atoms with Crippen LogP contribution in [0.5, 0.6) is 0 Å². The second-order valence-corrected chi connectivity index (χ2v) is 9.28. The number of rotatable bonds is 2. The SMILES string of the molecule is CC1(C)CN(S(=O)(=O)c2ccc(Cl)c(N)c2)CCS1. The molecule has 106 valence electrons. The Morgan fingerprint density at radius 2 is 2.11 bits per heavy atom. The van der Waals surface area contributed by atoms with Crippen molar-refractivity contribution >= 4 is 39.1 Å². The van der Waals surface area contributed by atoms with Gasteiger partial charge in [0.25, 0.3) is 0 Å². The van der Waals surface area contributed by atoms with E-state index in [4.69, 9.17) is 17.3 Å². The Morgan fingerprint density at radius 3 is 2.68 bits per heavy atom. The normalized spacial score (nSPS) is 20.4. The van der Waals surface area contributed by atoms with E-state index >= 15 is 0 Å². The highest BCUT2D eigenvalue weighted by Crippen LogP contribution is 2.33. The molecule has 0 bridgehead atoms. The molecule has 1 aromatic rings. The second kappa shape index (κ2) is 5.16. The molecule has 4 nitrogen and oxygen atoms in total. The summed E-state index contributed by atoms with van der Waals surface area (Å²) in [6, 6.07) is 4.45. The molecule has 0 atom stereocenters. The zero-order valence-electron chi connectivity index (χ0n) is 10.9. The lowest BCUT2D eigenvalue weighted by molar-refractivity contribution is 0.387. The lowest BCUT2D eigenvalue weighted by Crippen LogP contribution is -2.46. The zero-order valence-corrected chi connectivity index (χ0v) is 13.3. The first-order valence-electron chi connectivity index (χ1n) is 5.91. The predicted octanol–water partition coefficient (Wildman–Crippen LogP) is 2.44. The summed E-state index contributed by atoms with van der Waals surface area (Å²) in [5.41, 5.74) is 5.97. The highest BCUT2D eigenvalue weighted by molar-refractivity contribution is 8.00. The van der Waals surface area contributed by atoms with Crippen molar-refractivity contribution in [2.75, 3.05) is 24.6 Å². The predicted molar refractivity (Wildman–Crippen MR) is 81.2 cm³/mol. The third kappa shape index (κ3) is 3.18. The Morgan fingerprint density at radius 1 is 1.42 bits per heavy atom. The minimum Gasteiger partial charge on any atom is -0.397 e. The van der Waals surface area contributed by atoms with E-state index in [1.807, 2.05) is 0 Å². The van der Waals surface area contributed by atoms with Crippen LogP contribution in [0.2, 0.25) is 5.02 Å². The second-order valence-electron chi connectivity index (χ2n) is 5.13. The molecule has 1 fully saturated rings. The van der Waals surface area contributed by atoms with Crippen molar-refractivity contribution in [3.05, 3.63) is 23.2 Å². The average molecular weight is 321 g/mol. The number of benzene rings is 1. The van der Waals surface area contributed by atoms with E-state index in [-0.39, 0.29) is 15.3 Å². The summed E-state index contributed by atoms with van der Waals surface area (Å²) in [5, 5.41) is 0.369. The smallest absolute Gasteiger partial charge is 0.243 e. The quantitative estimate of drug-likeness (QED) is 0.850. The fourth-order valence-electron chi connectivity index (χ4n) is 2.01. The van der Waals surface area contributed by atoms with Gasteiger partial charge in [-0.25, -0.2) is 8.42 Å². The number of anilines is 1. The Balaban J connectivity index is 2.34. The molecule has 0 amide bonds. The molecular weight excluding hydrogens is 304 g/mol. The van der Waals surface area contributed by atoms with E-state index in [9.17, 15) is 8.42 Å². The Labute approximate surface area is 123 Å². The van der Waals surface area contributed by atoms with Crippen LogP contribution in [0.25, 0.3) is 0 Å². The van der Waals surface area contributed by atoms with Crippen LogP contribution in [-0.4, -0.2) is 36.3 Å². The van der Waals surface area contributed by atoms with Crippen molar-refractivity contribution in [1.29, 1.82) is 0 Å². The van der Waals surface area contributed by atoms with Gasteiger partial charge in [-0.3, -0.25) is 0 Å². The molecule has 0 saturated carbocycles. The van der Waals surface area contributed by atoms with E-state index in [2.05, 4.69) is 13.8 Å². The number of nitrogens with zero attached hydrogens (tertiary/aromatic N) is 1. The maximum atomic E-state index is 12.6. The molecule has 0 aliphatic carbocycles. The molecule has 1 saturated heterocycles. The van der Waals surface area contributed by atoms with E-state index in [0.717, 1.165) is 5.75 Å². The molecule has 2 N–H and O–H groups in total. The van der Waals surface area contributed by atoms with Gasteiger partial charge in [0.2, 0.25) is 10.0 Å². The fraction of sp³-hybridized carbons (Fsp3) is 0.500. The largest absolute Gasteiger partial charge is 0.397 e. The molecule has 19 heavy (non-hydrogen) atoms. The first-order chi connectivity index (χ1) is 8.72. The first-order valence-corrected chi connectivity index (χ1v) is 8.72. The molecule has 1 aromatic carbocycles. The summed E-state index contributed by atoms with van der Waals surface area (Å²) in [7, 11) is -3.49. The molecule has 0 unspecified atom stereocenters. The Hall–Kier alpha value is -0.430. The van der Waals surface area contributed by atoms with Crippen molar-refractivity contribution < 1.29 is 8.42 Å². The minimum atomic E-state index is -3.49. The molecule has 1 heterocycles. The van der Waals surface area contributed by atoms with Gasteiger partial charge in [-0.2, -0.15) is 16.1 Å². The molecule has 0 spiro atoms. The Bertz CT molecular complexity index is 587. The van der Waals surface area contributed by atoms with Crippen LogP contribution in [0, 0.1) is 0 Å². The summed E-state index contributed by atoms with van der Waals surface area (Å²) < 4.78 is 26.6. The van der Waals surface area contributed by atoms with Gasteiger partial charge in [-0.05, 0) is 32.0 Å². The highest BCUT2D eigenvalue weighted by Gasteiger charge is 2.34. The van der Waals surface area contributed by atoms with Crippen LogP contribution < -0.4 is 5.73 Å². The van der Waals surface area contributed by atoms with Gasteiger partial charge in [0, 0.05) is 23.6 Å². The van der Waals surface area contributed by atoms with Crippen LogP contribution in [0.15, 0.2) is 23.1 Å². The van der Waals surface area contributed by atoms with Gasteiger partial charge in [-0.15, -0.1) is 0 Å². The summed E-state index contributed by atoms with van der Waals surface area (Å²) in [6.45, 7) is 5.13. The minimum absolute atomic E-state index is 0.0662. The van der Waals surface area contributed by atoms with Crippen molar-refractivity contribution in [3.8, 4) is 0 Å². The van der Waals surface area contributed by atoms with Crippen LogP contribution >= 0.6 is 23.4 Å². The van der Waals surface area contributed by atoms with Gasteiger partial charge >= 0.3 is 0 Å². The van der Waals surface area contributed by atoms with Gasteiger partial charge in [-0.1, -0.05) is 11.6 Å². The maximum Gasteiger partial charge on any atom is 0.243 e. The van der Waals surface area contributed by atoms with Crippen LogP contribution in [0.1, 0.15) is 13.8 Å². The Kier molecular flexibility index (Phi) is 4.07. The highest BCUT2D eigenvalue weighted by atomic mass is 35.5. The number of hydrogen-bond donors (Lipinski definition) is 1. The van der Waals surface area contributed by atoms with E-state index in [0.29, 0.717) is 18.1 Å². The average Bonchev–Trinajstić information content (AvgIpc) is 2.31. The van der Waals surface area contributed by atoms with E-state index in [1.165, 1.54) is 22.5 Å². The third-order valence-corrected chi connectivity index (χ3v) is 6.48. The number of sulfonamides is 1. The first kappa shape index (κ1) is 15.0. The molecule has 1 aliphatic heterocycles. The standard InChI is InChI=1S/C12H17ClN2O2S2/c1-12(2)8-15(5-6-18-12)19(16,17)9-3-4-10(13)11(14)7-9/h3-4,7H,5-6,8,14H2,1-2H3. The van der Waals surface area contributed by atoms with Crippen LogP contribution in [0.4, 0.5) is 5.69 Å². The number of thioether (sulfide) groups is 1. The summed E-state index contributed by atoms with van der Waals surface area (Å²) in [6.07, 6.45) is 0. The van der Waals surface area contributed by atoms with E-state index in [1.54, 1.807) is 11.8 Å². The molecule has 7 heteroatoms. The van der Waals surface area contributed by atoms with Crippen LogP contribution in [-0.2, 0) is 10.0 Å².